The first-order valence-electron chi connectivity index (χ1n) is 3.99. The van der Waals surface area contributed by atoms with Crippen molar-refractivity contribution in [2.24, 2.45) is 0 Å². The zero-order valence-corrected chi connectivity index (χ0v) is 7.28. The molecule has 1 aromatic heterocycles. The fourth-order valence-corrected chi connectivity index (χ4v) is 0.842. The van der Waals surface area contributed by atoms with Gasteiger partial charge in [-0.3, -0.25) is 0 Å². The van der Waals surface area contributed by atoms with Crippen LogP contribution in [0.25, 0.3) is 0 Å². The third-order valence-electron chi connectivity index (χ3n) is 1.46. The Kier molecular flexibility index (Phi) is 2.85. The summed E-state index contributed by atoms with van der Waals surface area (Å²) in [5.74, 6) is 0. The van der Waals surface area contributed by atoms with Gasteiger partial charge in [0.15, 0.2) is 0 Å². The molecule has 0 spiro atoms. The van der Waals surface area contributed by atoms with E-state index >= 15 is 0 Å². The third kappa shape index (κ3) is 1.84. The Morgan fingerprint density at radius 1 is 1.67 bits per heavy atom. The maximum atomic E-state index is 11.1. The standard InChI is InChI=1S/C8H12N2O2/c1-3-7-5-6-10(9-7)8(11)12-4-2/h5-6H,3-4H2,1-2H3. The number of hydrogen-bond acceptors (Lipinski definition) is 3. The molecule has 0 aromatic carbocycles. The van der Waals surface area contributed by atoms with Crippen molar-refractivity contribution in [3.63, 3.8) is 0 Å². The lowest BCUT2D eigenvalue weighted by molar-refractivity contribution is 0.150. The minimum atomic E-state index is -0.419. The zero-order chi connectivity index (χ0) is 8.97. The highest BCUT2D eigenvalue weighted by Crippen LogP contribution is 1.96. The number of nitrogens with zero attached hydrogens (tertiary/aromatic N) is 2. The second-order valence-electron chi connectivity index (χ2n) is 2.30. The fraction of sp³-hybridized carbons (Fsp3) is 0.500. The lowest BCUT2D eigenvalue weighted by Gasteiger charge is -1.98. The van der Waals surface area contributed by atoms with E-state index in [0.29, 0.717) is 6.61 Å². The molecular weight excluding hydrogens is 156 g/mol. The van der Waals surface area contributed by atoms with Crippen molar-refractivity contribution >= 4 is 6.09 Å². The molecule has 4 nitrogen and oxygen atoms in total. The molecule has 0 fully saturated rings. The highest BCUT2D eigenvalue weighted by Gasteiger charge is 2.05. The number of carbonyl (C=O) groups excluding carboxylic acids is 1. The van der Waals surface area contributed by atoms with E-state index in [-0.39, 0.29) is 0 Å². The maximum absolute atomic E-state index is 11.1. The molecule has 0 atom stereocenters. The van der Waals surface area contributed by atoms with Crippen molar-refractivity contribution < 1.29 is 9.53 Å². The third-order valence-corrected chi connectivity index (χ3v) is 1.46. The average Bonchev–Trinajstić information content (AvgIpc) is 2.52. The van der Waals surface area contributed by atoms with Gasteiger partial charge in [-0.15, -0.1) is 0 Å². The average molecular weight is 168 g/mol. The molecule has 0 N–H and O–H groups in total. The molecule has 1 rings (SSSR count). The highest BCUT2D eigenvalue weighted by atomic mass is 16.5. The SMILES string of the molecule is CCOC(=O)n1ccc(CC)n1. The summed E-state index contributed by atoms with van der Waals surface area (Å²) in [6.07, 6.45) is 2.01. The molecule has 1 aromatic rings. The second kappa shape index (κ2) is 3.90. The predicted molar refractivity (Wildman–Crippen MR) is 44.0 cm³/mol. The lowest BCUT2D eigenvalue weighted by atomic mass is 10.4. The van der Waals surface area contributed by atoms with Crippen LogP contribution in [0.5, 0.6) is 0 Å². The van der Waals surface area contributed by atoms with E-state index in [1.165, 1.54) is 4.68 Å². The van der Waals surface area contributed by atoms with E-state index in [0.717, 1.165) is 12.1 Å². The van der Waals surface area contributed by atoms with Gasteiger partial charge < -0.3 is 4.74 Å². The molecule has 0 saturated heterocycles. The number of aryl methyl sites for hydroxylation is 1. The zero-order valence-electron chi connectivity index (χ0n) is 7.28. The van der Waals surface area contributed by atoms with Gasteiger partial charge in [0, 0.05) is 6.20 Å². The van der Waals surface area contributed by atoms with Crippen LogP contribution in [0.1, 0.15) is 19.5 Å². The molecular formula is C8H12N2O2. The van der Waals surface area contributed by atoms with Crippen molar-refractivity contribution in [3.05, 3.63) is 18.0 Å². The predicted octanol–water partition coefficient (Wildman–Crippen LogP) is 1.45. The molecule has 0 aliphatic heterocycles. The molecule has 0 radical (unpaired) electrons. The van der Waals surface area contributed by atoms with Crippen LogP contribution in [0.2, 0.25) is 0 Å². The van der Waals surface area contributed by atoms with Gasteiger partial charge in [-0.1, -0.05) is 6.92 Å². The van der Waals surface area contributed by atoms with E-state index in [2.05, 4.69) is 5.10 Å². The van der Waals surface area contributed by atoms with Gasteiger partial charge in [0.25, 0.3) is 0 Å². The van der Waals surface area contributed by atoms with E-state index in [4.69, 9.17) is 4.74 Å². The Morgan fingerprint density at radius 2 is 2.42 bits per heavy atom. The summed E-state index contributed by atoms with van der Waals surface area (Å²) >= 11 is 0. The van der Waals surface area contributed by atoms with Crippen molar-refractivity contribution in [3.8, 4) is 0 Å². The molecule has 0 aliphatic rings. The van der Waals surface area contributed by atoms with Crippen LogP contribution < -0.4 is 0 Å². The second-order valence-corrected chi connectivity index (χ2v) is 2.30. The Balaban J connectivity index is 2.68. The summed E-state index contributed by atoms with van der Waals surface area (Å²) in [6, 6.07) is 1.80. The summed E-state index contributed by atoms with van der Waals surface area (Å²) in [5, 5.41) is 3.99. The maximum Gasteiger partial charge on any atom is 0.434 e. The van der Waals surface area contributed by atoms with E-state index in [9.17, 15) is 4.79 Å². The van der Waals surface area contributed by atoms with Crippen LogP contribution in [0.3, 0.4) is 0 Å². The van der Waals surface area contributed by atoms with Crippen LogP contribution in [0.4, 0.5) is 4.79 Å². The minimum Gasteiger partial charge on any atom is -0.448 e. The van der Waals surface area contributed by atoms with Gasteiger partial charge in [-0.2, -0.15) is 9.78 Å². The van der Waals surface area contributed by atoms with E-state index < -0.39 is 6.09 Å². The molecule has 12 heavy (non-hydrogen) atoms. The van der Waals surface area contributed by atoms with Crippen LogP contribution in [-0.2, 0) is 11.2 Å². The molecule has 0 amide bonds. The smallest absolute Gasteiger partial charge is 0.434 e. The molecule has 66 valence electrons. The van der Waals surface area contributed by atoms with Gasteiger partial charge >= 0.3 is 6.09 Å². The van der Waals surface area contributed by atoms with Crippen LogP contribution in [0, 0.1) is 0 Å². The first-order valence-corrected chi connectivity index (χ1v) is 3.99. The van der Waals surface area contributed by atoms with Crippen molar-refractivity contribution in [1.82, 2.24) is 9.78 Å². The number of carbonyl (C=O) groups is 1. The van der Waals surface area contributed by atoms with Gasteiger partial charge in [0.2, 0.25) is 0 Å². The van der Waals surface area contributed by atoms with Crippen LogP contribution in [0.15, 0.2) is 12.3 Å². The summed E-state index contributed by atoms with van der Waals surface area (Å²) in [6.45, 7) is 4.13. The summed E-state index contributed by atoms with van der Waals surface area (Å²) in [4.78, 5) is 11.1. The first-order chi connectivity index (χ1) is 5.77. The largest absolute Gasteiger partial charge is 0.448 e. The first kappa shape index (κ1) is 8.77. The monoisotopic (exact) mass is 168 g/mol. The molecule has 1 heterocycles. The fourth-order valence-electron chi connectivity index (χ4n) is 0.842. The Labute approximate surface area is 71.1 Å². The molecule has 4 heteroatoms. The Bertz CT molecular complexity index is 268. The van der Waals surface area contributed by atoms with Gasteiger partial charge in [0.05, 0.1) is 12.3 Å². The quantitative estimate of drug-likeness (QED) is 0.671. The highest BCUT2D eigenvalue weighted by molar-refractivity contribution is 5.69. The molecule has 0 aliphatic carbocycles. The van der Waals surface area contributed by atoms with Crippen molar-refractivity contribution in [2.45, 2.75) is 20.3 Å². The lowest BCUT2D eigenvalue weighted by Crippen LogP contribution is -2.14. The van der Waals surface area contributed by atoms with Gasteiger partial charge in [0.1, 0.15) is 0 Å². The number of ether oxygens (including phenoxy) is 1. The number of aromatic nitrogens is 2. The van der Waals surface area contributed by atoms with E-state index in [1.54, 1.807) is 19.2 Å². The summed E-state index contributed by atoms with van der Waals surface area (Å²) in [7, 11) is 0. The van der Waals surface area contributed by atoms with Crippen molar-refractivity contribution in [2.75, 3.05) is 6.61 Å². The van der Waals surface area contributed by atoms with Crippen LogP contribution in [-0.4, -0.2) is 22.5 Å². The molecule has 0 unspecified atom stereocenters. The van der Waals surface area contributed by atoms with Gasteiger partial charge in [-0.25, -0.2) is 4.79 Å². The summed E-state index contributed by atoms with van der Waals surface area (Å²) < 4.78 is 5.96. The minimum absolute atomic E-state index is 0.375. The van der Waals surface area contributed by atoms with Gasteiger partial charge in [-0.05, 0) is 19.4 Å². The summed E-state index contributed by atoms with van der Waals surface area (Å²) in [5.41, 5.74) is 0.892. The normalized spacial score (nSPS) is 9.83. The van der Waals surface area contributed by atoms with E-state index in [1.807, 2.05) is 6.92 Å². The molecule has 0 bridgehead atoms. The number of hydrogen-bond donors (Lipinski definition) is 0. The molecule has 0 saturated carbocycles. The number of rotatable bonds is 2. The van der Waals surface area contributed by atoms with Crippen LogP contribution >= 0.6 is 0 Å². The Hall–Kier alpha value is -1.32. The topological polar surface area (TPSA) is 44.1 Å². The van der Waals surface area contributed by atoms with Crippen molar-refractivity contribution in [1.29, 1.82) is 0 Å². The Morgan fingerprint density at radius 3 is 2.92 bits per heavy atom.